The number of carbonyl (C=O) groups excluding carboxylic acids is 2. The van der Waals surface area contributed by atoms with E-state index in [0.29, 0.717) is 36.1 Å². The molecule has 2 aromatic rings. The van der Waals surface area contributed by atoms with Gasteiger partial charge in [-0.1, -0.05) is 35.9 Å². The Kier molecular flexibility index (Phi) is 7.61. The lowest BCUT2D eigenvalue weighted by molar-refractivity contribution is -0.139. The first-order valence-corrected chi connectivity index (χ1v) is 9.69. The van der Waals surface area contributed by atoms with Crippen LogP contribution in [0.5, 0.6) is 5.75 Å². The van der Waals surface area contributed by atoms with Crippen molar-refractivity contribution in [3.8, 4) is 5.75 Å². The maximum absolute atomic E-state index is 11.8. The number of hydrogen-bond acceptors (Lipinski definition) is 5. The lowest BCUT2D eigenvalue weighted by atomic mass is 10.2. The van der Waals surface area contributed by atoms with Gasteiger partial charge in [0.25, 0.3) is 0 Å². The Labute approximate surface area is 174 Å². The second-order valence-corrected chi connectivity index (χ2v) is 6.93. The van der Waals surface area contributed by atoms with Crippen molar-refractivity contribution in [2.24, 2.45) is 5.10 Å². The molecule has 1 aliphatic heterocycles. The summed E-state index contributed by atoms with van der Waals surface area (Å²) < 4.78 is 11.2. The van der Waals surface area contributed by atoms with Crippen LogP contribution >= 0.6 is 11.6 Å². The van der Waals surface area contributed by atoms with Gasteiger partial charge in [-0.15, -0.1) is 0 Å². The van der Waals surface area contributed by atoms with E-state index in [9.17, 15) is 9.59 Å². The van der Waals surface area contributed by atoms with Crippen LogP contribution in [-0.4, -0.2) is 37.3 Å². The van der Waals surface area contributed by atoms with E-state index >= 15 is 0 Å². The minimum Gasteiger partial charge on any atom is -0.488 e. The highest BCUT2D eigenvalue weighted by atomic mass is 35.5. The smallest absolute Gasteiger partial charge is 0.329 e. The molecule has 2 N–H and O–H groups in total. The summed E-state index contributed by atoms with van der Waals surface area (Å²) >= 11 is 5.88. The second-order valence-electron chi connectivity index (χ2n) is 6.50. The van der Waals surface area contributed by atoms with Crippen molar-refractivity contribution in [3.63, 3.8) is 0 Å². The van der Waals surface area contributed by atoms with Gasteiger partial charge in [-0.3, -0.25) is 9.59 Å². The number of hydrazone groups is 1. The normalized spacial score (nSPS) is 16.0. The van der Waals surface area contributed by atoms with Gasteiger partial charge in [-0.2, -0.15) is 5.10 Å². The van der Waals surface area contributed by atoms with E-state index in [1.807, 2.05) is 24.3 Å². The summed E-state index contributed by atoms with van der Waals surface area (Å²) in [5, 5.41) is 7.06. The average Bonchev–Trinajstić information content (AvgIpc) is 3.26. The largest absolute Gasteiger partial charge is 0.488 e. The van der Waals surface area contributed by atoms with Gasteiger partial charge in [-0.05, 0) is 42.7 Å². The van der Waals surface area contributed by atoms with E-state index in [1.165, 1.54) is 6.21 Å². The summed E-state index contributed by atoms with van der Waals surface area (Å²) in [6.07, 6.45) is 3.26. The van der Waals surface area contributed by atoms with Gasteiger partial charge in [0.15, 0.2) is 0 Å². The summed E-state index contributed by atoms with van der Waals surface area (Å²) in [7, 11) is 0. The molecule has 0 bridgehead atoms. The molecule has 1 heterocycles. The van der Waals surface area contributed by atoms with Crippen molar-refractivity contribution in [2.75, 3.05) is 13.2 Å². The number of carbonyl (C=O) groups is 2. The van der Waals surface area contributed by atoms with Crippen molar-refractivity contribution in [2.45, 2.75) is 25.6 Å². The number of hydrogen-bond donors (Lipinski definition) is 2. The summed E-state index contributed by atoms with van der Waals surface area (Å²) in [6.45, 7) is 1.37. The molecule has 2 amide bonds. The monoisotopic (exact) mass is 415 g/mol. The third kappa shape index (κ3) is 6.58. The van der Waals surface area contributed by atoms with Crippen LogP contribution in [0.3, 0.4) is 0 Å². The van der Waals surface area contributed by atoms with Crippen LogP contribution in [0.25, 0.3) is 0 Å². The van der Waals surface area contributed by atoms with Crippen LogP contribution in [0.1, 0.15) is 24.0 Å². The van der Waals surface area contributed by atoms with Gasteiger partial charge in [0.1, 0.15) is 12.4 Å². The minimum absolute atomic E-state index is 0.0279. The molecule has 8 heteroatoms. The lowest BCUT2D eigenvalue weighted by Gasteiger charge is -2.10. The Bertz CT molecular complexity index is 864. The number of para-hydroxylation sites is 1. The first-order valence-electron chi connectivity index (χ1n) is 9.31. The molecule has 7 nitrogen and oxygen atoms in total. The van der Waals surface area contributed by atoms with E-state index in [2.05, 4.69) is 15.8 Å². The van der Waals surface area contributed by atoms with E-state index < -0.39 is 11.8 Å². The summed E-state index contributed by atoms with van der Waals surface area (Å²) in [4.78, 5) is 23.6. The third-order valence-corrected chi connectivity index (χ3v) is 4.57. The number of halogens is 1. The van der Waals surface area contributed by atoms with Crippen molar-refractivity contribution < 1.29 is 19.1 Å². The lowest BCUT2D eigenvalue weighted by Crippen LogP contribution is -2.41. The van der Waals surface area contributed by atoms with Gasteiger partial charge >= 0.3 is 11.8 Å². The van der Waals surface area contributed by atoms with Crippen LogP contribution < -0.4 is 15.5 Å². The molecule has 2 aromatic carbocycles. The van der Waals surface area contributed by atoms with Gasteiger partial charge in [0, 0.05) is 23.7 Å². The third-order valence-electron chi connectivity index (χ3n) is 4.32. The van der Waals surface area contributed by atoms with Gasteiger partial charge in [0.05, 0.1) is 12.3 Å². The number of amides is 2. The molecule has 3 rings (SSSR count). The molecule has 0 saturated carbocycles. The maximum Gasteiger partial charge on any atom is 0.329 e. The number of nitrogens with zero attached hydrogens (tertiary/aromatic N) is 1. The zero-order valence-corrected chi connectivity index (χ0v) is 16.5. The zero-order valence-electron chi connectivity index (χ0n) is 15.8. The average molecular weight is 416 g/mol. The van der Waals surface area contributed by atoms with Crippen LogP contribution in [0.4, 0.5) is 0 Å². The van der Waals surface area contributed by atoms with Crippen LogP contribution in [0, 0.1) is 0 Å². The number of benzene rings is 2. The van der Waals surface area contributed by atoms with Crippen molar-refractivity contribution in [1.82, 2.24) is 10.7 Å². The first-order chi connectivity index (χ1) is 14.1. The fourth-order valence-electron chi connectivity index (χ4n) is 2.76. The van der Waals surface area contributed by atoms with Crippen LogP contribution in [0.2, 0.25) is 5.02 Å². The molecule has 0 radical (unpaired) electrons. The van der Waals surface area contributed by atoms with Crippen molar-refractivity contribution >= 4 is 29.6 Å². The first kappa shape index (κ1) is 20.8. The molecule has 1 aliphatic rings. The Morgan fingerprint density at radius 1 is 1.17 bits per heavy atom. The number of nitrogens with one attached hydrogen (secondary N) is 2. The molecular weight excluding hydrogens is 394 g/mol. The fourth-order valence-corrected chi connectivity index (χ4v) is 2.89. The van der Waals surface area contributed by atoms with Crippen molar-refractivity contribution in [3.05, 3.63) is 64.7 Å². The van der Waals surface area contributed by atoms with Gasteiger partial charge < -0.3 is 14.8 Å². The predicted molar refractivity (Wildman–Crippen MR) is 110 cm³/mol. The van der Waals surface area contributed by atoms with Crippen molar-refractivity contribution in [1.29, 1.82) is 0 Å². The Balaban J connectivity index is 1.49. The van der Waals surface area contributed by atoms with E-state index in [0.717, 1.165) is 18.4 Å². The molecule has 0 aliphatic carbocycles. The topological polar surface area (TPSA) is 89.0 Å². The van der Waals surface area contributed by atoms with E-state index in [4.69, 9.17) is 21.1 Å². The molecule has 152 valence electrons. The van der Waals surface area contributed by atoms with Gasteiger partial charge in [-0.25, -0.2) is 5.43 Å². The highest BCUT2D eigenvalue weighted by molar-refractivity contribution is 6.35. The SMILES string of the molecule is O=C(NC[C@@H]1CCCO1)C(=O)N/N=C\c1ccccc1OCc1ccc(Cl)cc1. The number of ether oxygens (including phenoxy) is 2. The zero-order chi connectivity index (χ0) is 20.5. The second kappa shape index (κ2) is 10.6. The molecule has 0 aromatic heterocycles. The van der Waals surface area contributed by atoms with E-state index in [1.54, 1.807) is 24.3 Å². The quantitative estimate of drug-likeness (QED) is 0.413. The predicted octanol–water partition coefficient (Wildman–Crippen LogP) is 2.66. The summed E-state index contributed by atoms with van der Waals surface area (Å²) in [6, 6.07) is 14.6. The highest BCUT2D eigenvalue weighted by Crippen LogP contribution is 2.18. The molecule has 1 atom stereocenters. The molecule has 1 fully saturated rings. The Morgan fingerprint density at radius 2 is 1.97 bits per heavy atom. The highest BCUT2D eigenvalue weighted by Gasteiger charge is 2.18. The molecule has 1 saturated heterocycles. The summed E-state index contributed by atoms with van der Waals surface area (Å²) in [5.41, 5.74) is 3.86. The Morgan fingerprint density at radius 3 is 2.72 bits per heavy atom. The van der Waals surface area contributed by atoms with E-state index in [-0.39, 0.29) is 6.10 Å². The molecule has 0 unspecified atom stereocenters. The van der Waals surface area contributed by atoms with Gasteiger partial charge in [0.2, 0.25) is 0 Å². The minimum atomic E-state index is -0.834. The molecule has 0 spiro atoms. The maximum atomic E-state index is 11.8. The van der Waals surface area contributed by atoms with Crippen LogP contribution in [0.15, 0.2) is 53.6 Å². The molecule has 29 heavy (non-hydrogen) atoms. The van der Waals surface area contributed by atoms with Crippen LogP contribution in [-0.2, 0) is 20.9 Å². The molecular formula is C21H22ClN3O4. The summed E-state index contributed by atoms with van der Waals surface area (Å²) in [5.74, 6) is -0.980. The number of rotatable bonds is 7. The standard InChI is InChI=1S/C21H22ClN3O4/c22-17-9-7-15(8-10-17)14-29-19-6-2-1-4-16(19)12-24-25-21(27)20(26)23-13-18-5-3-11-28-18/h1-2,4,6-10,12,18H,3,5,11,13-14H2,(H,23,26)(H,25,27)/b24-12-/t18-/m0/s1. The Hall–Kier alpha value is -2.90. The fraction of sp³-hybridized carbons (Fsp3) is 0.286.